The van der Waals surface area contributed by atoms with Crippen molar-refractivity contribution in [2.24, 2.45) is 0 Å². The van der Waals surface area contributed by atoms with Gasteiger partial charge in [-0.25, -0.2) is 0 Å². The second-order valence-corrected chi connectivity index (χ2v) is 4.76. The maximum atomic E-state index is 5.86. The molecule has 2 nitrogen and oxygen atoms in total. The molecule has 0 unspecified atom stereocenters. The van der Waals surface area contributed by atoms with E-state index in [1.807, 2.05) is 26.1 Å². The molecule has 2 aromatic carbocycles. The van der Waals surface area contributed by atoms with E-state index < -0.39 is 0 Å². The minimum atomic E-state index is 0.512. The smallest absolute Gasteiger partial charge is 0.124 e. The highest BCUT2D eigenvalue weighted by Gasteiger charge is 2.08. The monoisotopic (exact) mass is 275 g/mol. The maximum Gasteiger partial charge on any atom is 0.124 e. The Labute approximate surface area is 119 Å². The Kier molecular flexibility index (Phi) is 4.83. The zero-order valence-corrected chi connectivity index (χ0v) is 12.0. The molecule has 0 aliphatic carbocycles. The van der Waals surface area contributed by atoms with Gasteiger partial charge in [0, 0.05) is 17.6 Å². The van der Waals surface area contributed by atoms with Gasteiger partial charge < -0.3 is 10.1 Å². The molecule has 3 heteroatoms. The highest BCUT2D eigenvalue weighted by atomic mass is 35.5. The number of benzene rings is 2. The summed E-state index contributed by atoms with van der Waals surface area (Å²) in [7, 11) is 1.94. The van der Waals surface area contributed by atoms with Crippen LogP contribution >= 0.6 is 11.6 Å². The van der Waals surface area contributed by atoms with E-state index in [9.17, 15) is 0 Å². The van der Waals surface area contributed by atoms with Crippen molar-refractivity contribution in [2.45, 2.75) is 13.5 Å². The van der Waals surface area contributed by atoms with Crippen LogP contribution in [0.4, 0.5) is 0 Å². The van der Waals surface area contributed by atoms with Crippen LogP contribution in [-0.4, -0.2) is 13.7 Å². The molecule has 1 N–H and O–H groups in total. The summed E-state index contributed by atoms with van der Waals surface area (Å²) in [5.41, 5.74) is 3.74. The number of nitrogens with one attached hydrogen (secondary N) is 1. The van der Waals surface area contributed by atoms with E-state index in [1.54, 1.807) is 5.54 Å². The first-order valence-electron chi connectivity index (χ1n) is 6.30. The van der Waals surface area contributed by atoms with Crippen LogP contribution in [0.5, 0.6) is 5.75 Å². The first-order chi connectivity index (χ1) is 9.26. The number of halogens is 1. The van der Waals surface area contributed by atoms with Crippen LogP contribution in [0.2, 0.25) is 0 Å². The summed E-state index contributed by atoms with van der Waals surface area (Å²) in [5.74, 6) is 0.908. The lowest BCUT2D eigenvalue weighted by atomic mass is 10.0. The molecule has 0 saturated carbocycles. The van der Waals surface area contributed by atoms with E-state index >= 15 is 0 Å². The summed E-state index contributed by atoms with van der Waals surface area (Å²) in [4.78, 5) is 0. The third-order valence-electron chi connectivity index (χ3n) is 2.99. The summed E-state index contributed by atoms with van der Waals surface area (Å²) < 4.78 is 5.86. The van der Waals surface area contributed by atoms with Gasteiger partial charge in [-0.15, -0.1) is 0 Å². The molecule has 0 fully saturated rings. The van der Waals surface area contributed by atoms with E-state index in [-0.39, 0.29) is 0 Å². The second kappa shape index (κ2) is 6.60. The topological polar surface area (TPSA) is 21.3 Å². The average molecular weight is 276 g/mol. The van der Waals surface area contributed by atoms with E-state index in [0.717, 1.165) is 17.9 Å². The molecule has 0 amide bonds. The van der Waals surface area contributed by atoms with Crippen molar-refractivity contribution in [3.63, 3.8) is 0 Å². The average Bonchev–Trinajstić information content (AvgIpc) is 2.46. The minimum Gasteiger partial charge on any atom is -0.489 e. The van der Waals surface area contributed by atoms with Gasteiger partial charge in [0.05, 0.1) is 0 Å². The Hall–Kier alpha value is -1.51. The fraction of sp³-hybridized carbons (Fsp3) is 0.250. The van der Waals surface area contributed by atoms with Crippen molar-refractivity contribution >= 4 is 22.4 Å². The molecule has 0 heterocycles. The highest BCUT2D eigenvalue weighted by Crippen LogP contribution is 2.28. The lowest BCUT2D eigenvalue weighted by Gasteiger charge is -2.14. The summed E-state index contributed by atoms with van der Waals surface area (Å²) >= 11 is 5.66. The first kappa shape index (κ1) is 13.9. The predicted octanol–water partition coefficient (Wildman–Crippen LogP) is 4.08. The zero-order chi connectivity index (χ0) is 13.7. The van der Waals surface area contributed by atoms with Crippen LogP contribution in [-0.2, 0) is 6.54 Å². The lowest BCUT2D eigenvalue weighted by molar-refractivity contribution is 0.348. The summed E-state index contributed by atoms with van der Waals surface area (Å²) in [6, 6.07) is 12.4. The number of hydrogen-bond donors (Lipinski definition) is 1. The van der Waals surface area contributed by atoms with Crippen LogP contribution in [0.3, 0.4) is 0 Å². The van der Waals surface area contributed by atoms with Crippen molar-refractivity contribution in [3.05, 3.63) is 53.1 Å². The molecule has 0 aromatic heterocycles. The summed E-state index contributed by atoms with van der Waals surface area (Å²) in [5, 5.41) is 5.65. The quantitative estimate of drug-likeness (QED) is 0.888. The molecule has 0 aliphatic rings. The van der Waals surface area contributed by atoms with Gasteiger partial charge in [-0.1, -0.05) is 41.9 Å². The molecular formula is C16H18ClNO. The highest BCUT2D eigenvalue weighted by molar-refractivity contribution is 6.25. The molecular weight excluding hydrogens is 258 g/mol. The van der Waals surface area contributed by atoms with Crippen LogP contribution in [0, 0.1) is 0 Å². The van der Waals surface area contributed by atoms with Gasteiger partial charge >= 0.3 is 0 Å². The van der Waals surface area contributed by atoms with Crippen LogP contribution in [0.25, 0.3) is 10.8 Å². The number of rotatable bonds is 5. The van der Waals surface area contributed by atoms with Crippen molar-refractivity contribution in [2.75, 3.05) is 13.7 Å². The number of ether oxygens (including phenoxy) is 1. The van der Waals surface area contributed by atoms with Gasteiger partial charge in [-0.05, 0) is 36.4 Å². The van der Waals surface area contributed by atoms with Gasteiger partial charge in [-0.2, -0.15) is 0 Å². The minimum absolute atomic E-state index is 0.512. The van der Waals surface area contributed by atoms with Crippen LogP contribution in [0.15, 0.2) is 47.5 Å². The molecule has 0 spiro atoms. The van der Waals surface area contributed by atoms with Gasteiger partial charge in [0.1, 0.15) is 12.4 Å². The standard InChI is InChI=1S/C16H18ClNO/c1-12(9-17)11-19-16-8-7-13-5-3-4-6-14(13)15(16)10-18-2/h3-9,18H,10-11H2,1-2H3/b12-9+. The van der Waals surface area contributed by atoms with Gasteiger partial charge in [0.2, 0.25) is 0 Å². The van der Waals surface area contributed by atoms with Crippen molar-refractivity contribution in [1.29, 1.82) is 0 Å². The Balaban J connectivity index is 2.39. The third-order valence-corrected chi connectivity index (χ3v) is 3.37. The van der Waals surface area contributed by atoms with E-state index in [1.165, 1.54) is 16.3 Å². The van der Waals surface area contributed by atoms with Gasteiger partial charge in [0.25, 0.3) is 0 Å². The maximum absolute atomic E-state index is 5.86. The molecule has 100 valence electrons. The van der Waals surface area contributed by atoms with E-state index in [0.29, 0.717) is 6.61 Å². The summed E-state index contributed by atoms with van der Waals surface area (Å²) in [6.45, 7) is 3.24. The Morgan fingerprint density at radius 2 is 2.05 bits per heavy atom. The fourth-order valence-corrected chi connectivity index (χ4v) is 2.10. The summed E-state index contributed by atoms with van der Waals surface area (Å²) in [6.07, 6.45) is 0. The second-order valence-electron chi connectivity index (χ2n) is 4.54. The number of hydrogen-bond acceptors (Lipinski definition) is 2. The lowest BCUT2D eigenvalue weighted by Crippen LogP contribution is -2.09. The first-order valence-corrected chi connectivity index (χ1v) is 6.73. The molecule has 2 rings (SSSR count). The number of fused-ring (bicyclic) bond motifs is 1. The third kappa shape index (κ3) is 3.28. The van der Waals surface area contributed by atoms with E-state index in [2.05, 4.69) is 29.6 Å². The molecule has 0 radical (unpaired) electrons. The molecule has 0 bridgehead atoms. The van der Waals surface area contributed by atoms with Crippen molar-refractivity contribution < 1.29 is 4.74 Å². The molecule has 2 aromatic rings. The normalized spacial score (nSPS) is 11.8. The molecule has 0 aliphatic heterocycles. The Bertz CT molecular complexity index is 592. The fourth-order valence-electron chi connectivity index (χ4n) is 2.03. The Morgan fingerprint density at radius 3 is 2.79 bits per heavy atom. The van der Waals surface area contributed by atoms with Crippen LogP contribution < -0.4 is 10.1 Å². The van der Waals surface area contributed by atoms with Crippen molar-refractivity contribution in [1.82, 2.24) is 5.32 Å². The van der Waals surface area contributed by atoms with Crippen molar-refractivity contribution in [3.8, 4) is 5.75 Å². The molecule has 0 atom stereocenters. The Morgan fingerprint density at radius 1 is 1.26 bits per heavy atom. The SMILES string of the molecule is CNCc1c(OC/C(C)=C/Cl)ccc2ccccc12. The molecule has 19 heavy (non-hydrogen) atoms. The largest absolute Gasteiger partial charge is 0.489 e. The van der Waals surface area contributed by atoms with E-state index in [4.69, 9.17) is 16.3 Å². The predicted molar refractivity (Wildman–Crippen MR) is 81.8 cm³/mol. The molecule has 0 saturated heterocycles. The van der Waals surface area contributed by atoms with Gasteiger partial charge in [0.15, 0.2) is 0 Å². The zero-order valence-electron chi connectivity index (χ0n) is 11.2. The van der Waals surface area contributed by atoms with Crippen LogP contribution in [0.1, 0.15) is 12.5 Å². The van der Waals surface area contributed by atoms with Gasteiger partial charge in [-0.3, -0.25) is 0 Å².